The van der Waals surface area contributed by atoms with Crippen LogP contribution in [0.15, 0.2) is 18.3 Å². The minimum atomic E-state index is -0.890. The molecule has 4 heteroatoms. The van der Waals surface area contributed by atoms with Gasteiger partial charge in [0.1, 0.15) is 5.82 Å². The number of nitrogens with zero attached hydrogens (tertiary/aromatic N) is 2. The van der Waals surface area contributed by atoms with Crippen LogP contribution < -0.4 is 4.90 Å². The van der Waals surface area contributed by atoms with Gasteiger partial charge in [-0.25, -0.2) is 4.98 Å². The number of aliphatic hydroxyl groups is 2. The molecule has 0 radical (unpaired) electrons. The third kappa shape index (κ3) is 2.18. The van der Waals surface area contributed by atoms with Gasteiger partial charge in [0.15, 0.2) is 0 Å². The van der Waals surface area contributed by atoms with Gasteiger partial charge in [-0.05, 0) is 31.4 Å². The van der Waals surface area contributed by atoms with Gasteiger partial charge in [-0.2, -0.15) is 0 Å². The Morgan fingerprint density at radius 2 is 2.12 bits per heavy atom. The molecule has 2 N–H and O–H groups in total. The second-order valence-corrected chi connectivity index (χ2v) is 4.51. The molecule has 0 aromatic carbocycles. The average molecular weight is 222 g/mol. The van der Waals surface area contributed by atoms with Crippen LogP contribution in [0.25, 0.3) is 0 Å². The monoisotopic (exact) mass is 222 g/mol. The van der Waals surface area contributed by atoms with E-state index in [1.807, 2.05) is 19.1 Å². The lowest BCUT2D eigenvalue weighted by Gasteiger charge is -2.38. The molecule has 0 unspecified atom stereocenters. The molecule has 0 spiro atoms. The van der Waals surface area contributed by atoms with Crippen LogP contribution in [-0.2, 0) is 0 Å². The Bertz CT molecular complexity index is 360. The first-order valence-corrected chi connectivity index (χ1v) is 5.64. The van der Waals surface area contributed by atoms with Crippen LogP contribution in [-0.4, -0.2) is 40.5 Å². The molecule has 1 aromatic rings. The number of aromatic nitrogens is 1. The van der Waals surface area contributed by atoms with E-state index in [9.17, 15) is 5.11 Å². The summed E-state index contributed by atoms with van der Waals surface area (Å²) in [4.78, 5) is 6.52. The molecule has 1 fully saturated rings. The van der Waals surface area contributed by atoms with E-state index in [1.165, 1.54) is 0 Å². The molecular formula is C12H18N2O2. The van der Waals surface area contributed by atoms with Gasteiger partial charge in [0.05, 0.1) is 12.2 Å². The van der Waals surface area contributed by atoms with Crippen LogP contribution in [0.1, 0.15) is 18.4 Å². The quantitative estimate of drug-likeness (QED) is 0.774. The van der Waals surface area contributed by atoms with Gasteiger partial charge >= 0.3 is 0 Å². The van der Waals surface area contributed by atoms with Crippen molar-refractivity contribution < 1.29 is 10.2 Å². The second-order valence-electron chi connectivity index (χ2n) is 4.51. The summed E-state index contributed by atoms with van der Waals surface area (Å²) in [5, 5.41) is 19.0. The molecule has 0 amide bonds. The van der Waals surface area contributed by atoms with Crippen LogP contribution in [0.3, 0.4) is 0 Å². The van der Waals surface area contributed by atoms with Gasteiger partial charge in [0.25, 0.3) is 0 Å². The van der Waals surface area contributed by atoms with Crippen molar-refractivity contribution >= 4 is 5.82 Å². The summed E-state index contributed by atoms with van der Waals surface area (Å²) in [5.41, 5.74) is 0.260. The van der Waals surface area contributed by atoms with Crippen LogP contribution in [0, 0.1) is 6.92 Å². The Hall–Kier alpha value is -1.13. The summed E-state index contributed by atoms with van der Waals surface area (Å²) in [6.45, 7) is 3.38. The average Bonchev–Trinajstić information content (AvgIpc) is 2.31. The number of anilines is 1. The topological polar surface area (TPSA) is 56.6 Å². The lowest BCUT2D eigenvalue weighted by atomic mass is 9.92. The summed E-state index contributed by atoms with van der Waals surface area (Å²) in [5.74, 6) is 0.988. The predicted octanol–water partition coefficient (Wildman–Crippen LogP) is 0.714. The molecular weight excluding hydrogens is 204 g/mol. The highest BCUT2D eigenvalue weighted by Crippen LogP contribution is 2.26. The second kappa shape index (κ2) is 4.39. The number of pyridine rings is 1. The predicted molar refractivity (Wildman–Crippen MR) is 62.5 cm³/mol. The van der Waals surface area contributed by atoms with Gasteiger partial charge in [-0.3, -0.25) is 0 Å². The third-order valence-electron chi connectivity index (χ3n) is 3.27. The standard InChI is InChI=1S/C12H18N2O2/c1-10-3-2-6-13-11(10)14-7-4-12(16,9-15)5-8-14/h2-3,6,15-16H,4-5,7-9H2,1H3. The van der Waals surface area contributed by atoms with Crippen molar-refractivity contribution in [3.05, 3.63) is 23.9 Å². The molecule has 0 saturated carbocycles. The van der Waals surface area contributed by atoms with E-state index in [0.29, 0.717) is 12.8 Å². The smallest absolute Gasteiger partial charge is 0.131 e. The first-order chi connectivity index (χ1) is 7.64. The highest BCUT2D eigenvalue weighted by molar-refractivity contribution is 5.46. The normalized spacial score (nSPS) is 19.8. The Morgan fingerprint density at radius 1 is 1.44 bits per heavy atom. The van der Waals surface area contributed by atoms with Crippen molar-refractivity contribution in [3.63, 3.8) is 0 Å². The summed E-state index contributed by atoms with van der Waals surface area (Å²) in [7, 11) is 0. The van der Waals surface area contributed by atoms with Crippen molar-refractivity contribution in [2.45, 2.75) is 25.4 Å². The van der Waals surface area contributed by atoms with Gasteiger partial charge in [0.2, 0.25) is 0 Å². The molecule has 1 aliphatic rings. The maximum atomic E-state index is 9.92. The molecule has 16 heavy (non-hydrogen) atoms. The first kappa shape index (κ1) is 11.4. The molecule has 1 saturated heterocycles. The maximum absolute atomic E-state index is 9.92. The van der Waals surface area contributed by atoms with Crippen molar-refractivity contribution in [1.82, 2.24) is 4.98 Å². The molecule has 2 heterocycles. The van der Waals surface area contributed by atoms with E-state index in [2.05, 4.69) is 9.88 Å². The number of aryl methyl sites for hydroxylation is 1. The Kier molecular flexibility index (Phi) is 3.12. The summed E-state index contributed by atoms with van der Waals surface area (Å²) in [6.07, 6.45) is 2.98. The SMILES string of the molecule is Cc1cccnc1N1CCC(O)(CO)CC1. The summed E-state index contributed by atoms with van der Waals surface area (Å²) >= 11 is 0. The number of aliphatic hydroxyl groups excluding tert-OH is 1. The highest BCUT2D eigenvalue weighted by Gasteiger charge is 2.32. The van der Waals surface area contributed by atoms with Crippen molar-refractivity contribution in [1.29, 1.82) is 0 Å². The van der Waals surface area contributed by atoms with E-state index >= 15 is 0 Å². The van der Waals surface area contributed by atoms with Crippen molar-refractivity contribution in [2.24, 2.45) is 0 Å². The van der Waals surface area contributed by atoms with Crippen LogP contribution in [0.2, 0.25) is 0 Å². The fourth-order valence-corrected chi connectivity index (χ4v) is 2.10. The van der Waals surface area contributed by atoms with Crippen molar-refractivity contribution in [2.75, 3.05) is 24.6 Å². The molecule has 4 nitrogen and oxygen atoms in total. The number of hydrogen-bond donors (Lipinski definition) is 2. The Labute approximate surface area is 95.5 Å². The van der Waals surface area contributed by atoms with Gasteiger partial charge in [0, 0.05) is 19.3 Å². The van der Waals surface area contributed by atoms with Crippen molar-refractivity contribution in [3.8, 4) is 0 Å². The highest BCUT2D eigenvalue weighted by atomic mass is 16.3. The molecule has 0 atom stereocenters. The number of rotatable bonds is 2. The minimum Gasteiger partial charge on any atom is -0.393 e. The van der Waals surface area contributed by atoms with E-state index in [-0.39, 0.29) is 6.61 Å². The fraction of sp³-hybridized carbons (Fsp3) is 0.583. The van der Waals surface area contributed by atoms with E-state index in [4.69, 9.17) is 5.11 Å². The largest absolute Gasteiger partial charge is 0.393 e. The fourth-order valence-electron chi connectivity index (χ4n) is 2.10. The first-order valence-electron chi connectivity index (χ1n) is 5.64. The lowest BCUT2D eigenvalue weighted by molar-refractivity contribution is -0.0326. The Morgan fingerprint density at radius 3 is 2.69 bits per heavy atom. The van der Waals surface area contributed by atoms with E-state index < -0.39 is 5.60 Å². The minimum absolute atomic E-state index is 0.151. The number of piperidine rings is 1. The Balaban J connectivity index is 2.07. The molecule has 0 aliphatic carbocycles. The van der Waals surface area contributed by atoms with Crippen LogP contribution in [0.4, 0.5) is 5.82 Å². The molecule has 0 bridgehead atoms. The lowest BCUT2D eigenvalue weighted by Crippen LogP contribution is -2.47. The van der Waals surface area contributed by atoms with Gasteiger partial charge in [-0.1, -0.05) is 6.07 Å². The zero-order chi connectivity index (χ0) is 11.6. The third-order valence-corrected chi connectivity index (χ3v) is 3.27. The van der Waals surface area contributed by atoms with Gasteiger partial charge in [-0.15, -0.1) is 0 Å². The molecule has 1 aliphatic heterocycles. The van der Waals surface area contributed by atoms with E-state index in [1.54, 1.807) is 6.20 Å². The van der Waals surface area contributed by atoms with Crippen LogP contribution in [0.5, 0.6) is 0 Å². The number of hydrogen-bond acceptors (Lipinski definition) is 4. The van der Waals surface area contributed by atoms with Crippen LogP contribution >= 0.6 is 0 Å². The summed E-state index contributed by atoms with van der Waals surface area (Å²) < 4.78 is 0. The zero-order valence-corrected chi connectivity index (χ0v) is 9.56. The zero-order valence-electron chi connectivity index (χ0n) is 9.56. The maximum Gasteiger partial charge on any atom is 0.131 e. The van der Waals surface area contributed by atoms with E-state index in [0.717, 1.165) is 24.5 Å². The molecule has 2 rings (SSSR count). The molecule has 88 valence electrons. The molecule has 1 aromatic heterocycles. The summed E-state index contributed by atoms with van der Waals surface area (Å²) in [6, 6.07) is 3.96. The van der Waals surface area contributed by atoms with Gasteiger partial charge < -0.3 is 15.1 Å².